The van der Waals surface area contributed by atoms with Crippen molar-refractivity contribution in [2.75, 3.05) is 6.61 Å². The van der Waals surface area contributed by atoms with Crippen molar-refractivity contribution in [2.24, 2.45) is 0 Å². The van der Waals surface area contributed by atoms with Crippen molar-refractivity contribution in [1.29, 1.82) is 0 Å². The van der Waals surface area contributed by atoms with Gasteiger partial charge in [-0.15, -0.1) is 0 Å². The average Bonchev–Trinajstić information content (AvgIpc) is 2.25. The summed E-state index contributed by atoms with van der Waals surface area (Å²) in [5, 5.41) is 0. The van der Waals surface area contributed by atoms with Crippen molar-refractivity contribution in [2.45, 2.75) is 45.4 Å². The van der Waals surface area contributed by atoms with Gasteiger partial charge in [0.15, 0.2) is 12.3 Å². The predicted octanol–water partition coefficient (Wildman–Crippen LogP) is 0.107. The fourth-order valence-corrected chi connectivity index (χ4v) is 1.65. The van der Waals surface area contributed by atoms with Crippen molar-refractivity contribution in [1.82, 2.24) is 0 Å². The van der Waals surface area contributed by atoms with E-state index in [4.69, 9.17) is 18.9 Å². The molecule has 1 rings (SSSR count). The first kappa shape index (κ1) is 15.4. The Morgan fingerprint density at radius 2 is 1.42 bits per heavy atom. The van der Waals surface area contributed by atoms with Crippen LogP contribution in [-0.2, 0) is 33.3 Å². The Hall–Kier alpha value is -1.70. The Morgan fingerprint density at radius 3 is 1.89 bits per heavy atom. The van der Waals surface area contributed by atoms with Gasteiger partial charge >= 0.3 is 17.9 Å². The van der Waals surface area contributed by atoms with E-state index in [0.717, 1.165) is 20.8 Å². The van der Waals surface area contributed by atoms with Crippen LogP contribution >= 0.6 is 0 Å². The highest BCUT2D eigenvalue weighted by Gasteiger charge is 2.47. The third-order valence-corrected chi connectivity index (χ3v) is 2.25. The zero-order chi connectivity index (χ0) is 14.6. The summed E-state index contributed by atoms with van der Waals surface area (Å²) in [5.74, 6) is -2.17. The maximum Gasteiger partial charge on any atom is 0.305 e. The number of halogens is 1. The molecule has 0 aromatic carbocycles. The highest BCUT2D eigenvalue weighted by Crippen LogP contribution is 2.24. The second-order valence-corrected chi connectivity index (χ2v) is 3.98. The number of carbonyl (C=O) groups is 3. The minimum atomic E-state index is -1.68. The van der Waals surface area contributed by atoms with Crippen molar-refractivity contribution >= 4 is 17.9 Å². The first-order chi connectivity index (χ1) is 8.81. The summed E-state index contributed by atoms with van der Waals surface area (Å²) >= 11 is 0. The van der Waals surface area contributed by atoms with E-state index in [1.54, 1.807) is 0 Å². The minimum Gasteiger partial charge on any atom is -0.455 e. The Morgan fingerprint density at radius 1 is 0.947 bits per heavy atom. The van der Waals surface area contributed by atoms with E-state index in [9.17, 15) is 18.8 Å². The Bertz CT molecular complexity index is 370. The summed E-state index contributed by atoms with van der Waals surface area (Å²) in [5.41, 5.74) is 0. The second-order valence-electron chi connectivity index (χ2n) is 3.98. The van der Waals surface area contributed by atoms with E-state index in [2.05, 4.69) is 0 Å². The largest absolute Gasteiger partial charge is 0.455 e. The first-order valence-electron chi connectivity index (χ1n) is 5.58. The highest BCUT2D eigenvalue weighted by atomic mass is 19.1. The van der Waals surface area contributed by atoms with Gasteiger partial charge in [-0.2, -0.15) is 0 Å². The molecule has 108 valence electrons. The van der Waals surface area contributed by atoms with E-state index < -0.39 is 49.2 Å². The summed E-state index contributed by atoms with van der Waals surface area (Å²) in [6.07, 6.45) is -5.70. The quantitative estimate of drug-likeness (QED) is 0.534. The van der Waals surface area contributed by atoms with Crippen LogP contribution in [0.25, 0.3) is 0 Å². The molecule has 1 heterocycles. The van der Waals surface area contributed by atoms with Gasteiger partial charge in [0.1, 0.15) is 0 Å². The molecule has 19 heavy (non-hydrogen) atoms. The van der Waals surface area contributed by atoms with Crippen molar-refractivity contribution in [3.63, 3.8) is 0 Å². The topological polar surface area (TPSA) is 88.1 Å². The van der Waals surface area contributed by atoms with E-state index in [-0.39, 0.29) is 0 Å². The zero-order valence-electron chi connectivity index (χ0n) is 10.8. The van der Waals surface area contributed by atoms with Crippen LogP contribution in [0.5, 0.6) is 0 Å². The van der Waals surface area contributed by atoms with Gasteiger partial charge in [0.25, 0.3) is 0 Å². The molecular weight excluding hydrogens is 263 g/mol. The lowest BCUT2D eigenvalue weighted by molar-refractivity contribution is -0.263. The molecule has 1 unspecified atom stereocenters. The van der Waals surface area contributed by atoms with Gasteiger partial charge in [-0.25, -0.2) is 4.39 Å². The van der Waals surface area contributed by atoms with Crippen molar-refractivity contribution < 1.29 is 37.7 Å². The van der Waals surface area contributed by atoms with Crippen molar-refractivity contribution in [3.8, 4) is 0 Å². The average molecular weight is 278 g/mol. The van der Waals surface area contributed by atoms with Crippen LogP contribution < -0.4 is 0 Å². The fourth-order valence-electron chi connectivity index (χ4n) is 1.65. The SMILES string of the molecule is CC(=O)OC1OC[C@@H](F)[C@H](OC(C)=O)[C@H]1OC(C)=O. The number of alkyl halides is 1. The van der Waals surface area contributed by atoms with Crippen LogP contribution in [-0.4, -0.2) is 49.2 Å². The number of rotatable bonds is 3. The third-order valence-electron chi connectivity index (χ3n) is 2.25. The molecule has 0 spiro atoms. The number of hydrogen-bond donors (Lipinski definition) is 0. The molecule has 0 bridgehead atoms. The number of esters is 3. The number of ether oxygens (including phenoxy) is 4. The molecule has 1 saturated heterocycles. The Kier molecular flexibility index (Phi) is 5.22. The fraction of sp³-hybridized carbons (Fsp3) is 0.727. The second kappa shape index (κ2) is 6.46. The molecular formula is C11H15FO7. The summed E-state index contributed by atoms with van der Waals surface area (Å²) in [6, 6.07) is 0. The summed E-state index contributed by atoms with van der Waals surface area (Å²) in [6.45, 7) is 2.87. The molecule has 0 aromatic heterocycles. The summed E-state index contributed by atoms with van der Waals surface area (Å²) in [4.78, 5) is 32.8. The lowest BCUT2D eigenvalue weighted by Gasteiger charge is -2.37. The monoisotopic (exact) mass is 278 g/mol. The number of hydrogen-bond acceptors (Lipinski definition) is 7. The van der Waals surface area contributed by atoms with Crippen LogP contribution in [0.2, 0.25) is 0 Å². The third kappa shape index (κ3) is 4.47. The molecule has 8 heteroatoms. The normalized spacial score (nSPS) is 30.3. The molecule has 0 N–H and O–H groups in total. The summed E-state index contributed by atoms with van der Waals surface area (Å²) < 4.78 is 33.0. The van der Waals surface area contributed by atoms with Crippen LogP contribution in [0.1, 0.15) is 20.8 Å². The molecule has 0 aliphatic carbocycles. The van der Waals surface area contributed by atoms with Crippen LogP contribution in [0.3, 0.4) is 0 Å². The first-order valence-corrected chi connectivity index (χ1v) is 5.58. The standard InChI is InChI=1S/C11H15FO7/c1-5(13)17-9-8(12)4-16-11(19-7(3)15)10(9)18-6(2)14/h8-11H,4H2,1-3H3/t8-,9+,10-,11?/m1/s1. The van der Waals surface area contributed by atoms with Gasteiger partial charge in [0, 0.05) is 20.8 Å². The molecule has 1 aliphatic rings. The molecule has 0 amide bonds. The highest BCUT2D eigenvalue weighted by molar-refractivity contribution is 5.68. The Labute approximate surface area is 108 Å². The molecule has 1 fully saturated rings. The predicted molar refractivity (Wildman–Crippen MR) is 57.5 cm³/mol. The number of carbonyl (C=O) groups excluding carboxylic acids is 3. The van der Waals surface area contributed by atoms with E-state index >= 15 is 0 Å². The maximum absolute atomic E-state index is 13.7. The van der Waals surface area contributed by atoms with Gasteiger partial charge in [0.05, 0.1) is 6.61 Å². The smallest absolute Gasteiger partial charge is 0.305 e. The van der Waals surface area contributed by atoms with Crippen LogP contribution in [0, 0.1) is 0 Å². The van der Waals surface area contributed by atoms with E-state index in [1.165, 1.54) is 0 Å². The maximum atomic E-state index is 13.7. The molecule has 0 radical (unpaired) electrons. The van der Waals surface area contributed by atoms with Gasteiger partial charge < -0.3 is 18.9 Å². The molecule has 0 aromatic rings. The van der Waals surface area contributed by atoms with E-state index in [0.29, 0.717) is 0 Å². The van der Waals surface area contributed by atoms with Crippen LogP contribution in [0.15, 0.2) is 0 Å². The minimum absolute atomic E-state index is 0.437. The summed E-state index contributed by atoms with van der Waals surface area (Å²) in [7, 11) is 0. The zero-order valence-corrected chi connectivity index (χ0v) is 10.8. The van der Waals surface area contributed by atoms with Crippen molar-refractivity contribution in [3.05, 3.63) is 0 Å². The van der Waals surface area contributed by atoms with Gasteiger partial charge in [0.2, 0.25) is 12.4 Å². The van der Waals surface area contributed by atoms with E-state index in [1.807, 2.05) is 0 Å². The van der Waals surface area contributed by atoms with Gasteiger partial charge in [-0.05, 0) is 0 Å². The lowest BCUT2D eigenvalue weighted by atomic mass is 10.1. The van der Waals surface area contributed by atoms with Gasteiger partial charge in [-0.1, -0.05) is 0 Å². The Balaban J connectivity index is 2.89. The van der Waals surface area contributed by atoms with Crippen LogP contribution in [0.4, 0.5) is 4.39 Å². The van der Waals surface area contributed by atoms with Gasteiger partial charge in [-0.3, -0.25) is 14.4 Å². The molecule has 0 saturated carbocycles. The molecule has 7 nitrogen and oxygen atoms in total. The molecule has 1 aliphatic heterocycles. The molecule has 4 atom stereocenters. The lowest BCUT2D eigenvalue weighted by Crippen LogP contribution is -2.56.